The average Bonchev–Trinajstić information content (AvgIpc) is 2.50. The fourth-order valence-electron chi connectivity index (χ4n) is 3.28. The van der Waals surface area contributed by atoms with Gasteiger partial charge in [0.1, 0.15) is 0 Å². The number of carbonyl (C=O) groups excluding carboxylic acids is 1. The van der Waals surface area contributed by atoms with Gasteiger partial charge in [-0.25, -0.2) is 0 Å². The van der Waals surface area contributed by atoms with E-state index in [1.54, 1.807) is 0 Å². The van der Waals surface area contributed by atoms with Crippen LogP contribution < -0.4 is 11.1 Å². The number of nitrogens with one attached hydrogen (secondary N) is 1. The highest BCUT2D eigenvalue weighted by Gasteiger charge is 2.33. The number of amides is 1. The number of rotatable bonds is 8. The summed E-state index contributed by atoms with van der Waals surface area (Å²) in [7, 11) is 0. The molecule has 0 heterocycles. The summed E-state index contributed by atoms with van der Waals surface area (Å²) in [4.78, 5) is 12.3. The highest BCUT2D eigenvalue weighted by Crippen LogP contribution is 2.38. The van der Waals surface area contributed by atoms with Crippen molar-refractivity contribution >= 4 is 17.7 Å². The lowest BCUT2D eigenvalue weighted by atomic mass is 9.71. The van der Waals surface area contributed by atoms with Crippen LogP contribution in [0, 0.1) is 5.41 Å². The second-order valence-electron chi connectivity index (χ2n) is 6.31. The van der Waals surface area contributed by atoms with E-state index in [1.165, 1.54) is 19.3 Å². The van der Waals surface area contributed by atoms with Gasteiger partial charge in [-0.15, -0.1) is 0 Å². The van der Waals surface area contributed by atoms with Gasteiger partial charge in [-0.3, -0.25) is 4.79 Å². The summed E-state index contributed by atoms with van der Waals surface area (Å²) in [5.41, 5.74) is 6.04. The van der Waals surface area contributed by atoms with Crippen molar-refractivity contribution in [3.05, 3.63) is 0 Å². The highest BCUT2D eigenvalue weighted by atomic mass is 32.2. The van der Waals surface area contributed by atoms with Crippen LogP contribution in [0.15, 0.2) is 0 Å². The van der Waals surface area contributed by atoms with E-state index in [1.807, 2.05) is 11.8 Å². The third-order valence-electron chi connectivity index (χ3n) is 5.21. The largest absolute Gasteiger partial charge is 0.355 e. The molecular formula is C16H32N2OS. The maximum Gasteiger partial charge on any atom is 0.220 e. The molecular weight excluding hydrogens is 268 g/mol. The van der Waals surface area contributed by atoms with E-state index in [2.05, 4.69) is 25.4 Å². The predicted molar refractivity (Wildman–Crippen MR) is 89.0 cm³/mol. The molecule has 20 heavy (non-hydrogen) atoms. The van der Waals surface area contributed by atoms with Gasteiger partial charge in [0.15, 0.2) is 0 Å². The van der Waals surface area contributed by atoms with Crippen LogP contribution in [0.1, 0.15) is 65.2 Å². The SMILES string of the molecule is CCC(CC)(CNC(=O)CC1(CN)CCCCC1)SC. The van der Waals surface area contributed by atoms with Crippen LogP contribution in [0.25, 0.3) is 0 Å². The van der Waals surface area contributed by atoms with Crippen molar-refractivity contribution in [1.82, 2.24) is 5.32 Å². The molecule has 1 aliphatic rings. The molecule has 0 unspecified atom stereocenters. The maximum atomic E-state index is 12.3. The zero-order valence-electron chi connectivity index (χ0n) is 13.5. The molecule has 0 aromatic carbocycles. The zero-order valence-corrected chi connectivity index (χ0v) is 14.3. The summed E-state index contributed by atoms with van der Waals surface area (Å²) in [5.74, 6) is 0.192. The van der Waals surface area contributed by atoms with Gasteiger partial charge in [-0.1, -0.05) is 33.1 Å². The molecule has 0 spiro atoms. The molecule has 1 saturated carbocycles. The lowest BCUT2D eigenvalue weighted by molar-refractivity contribution is -0.124. The number of carbonyl (C=O) groups is 1. The lowest BCUT2D eigenvalue weighted by Crippen LogP contribution is -2.43. The van der Waals surface area contributed by atoms with Gasteiger partial charge in [-0.05, 0) is 43.9 Å². The first-order chi connectivity index (χ1) is 9.55. The molecule has 0 aromatic rings. The minimum atomic E-state index is 0.0722. The molecule has 1 amide bonds. The molecule has 3 N–H and O–H groups in total. The first kappa shape index (κ1) is 17.8. The Bertz CT molecular complexity index is 289. The van der Waals surface area contributed by atoms with E-state index in [-0.39, 0.29) is 16.1 Å². The molecule has 0 atom stereocenters. The average molecular weight is 301 g/mol. The fraction of sp³-hybridized carbons (Fsp3) is 0.938. The van der Waals surface area contributed by atoms with Crippen molar-refractivity contribution in [3.63, 3.8) is 0 Å². The molecule has 0 radical (unpaired) electrons. The Hall–Kier alpha value is -0.220. The summed E-state index contributed by atoms with van der Waals surface area (Å²) in [6.45, 7) is 5.83. The molecule has 1 rings (SSSR count). The van der Waals surface area contributed by atoms with Gasteiger partial charge in [0.05, 0.1) is 0 Å². The van der Waals surface area contributed by atoms with E-state index in [4.69, 9.17) is 5.73 Å². The number of hydrogen-bond acceptors (Lipinski definition) is 3. The van der Waals surface area contributed by atoms with Gasteiger partial charge >= 0.3 is 0 Å². The summed E-state index contributed by atoms with van der Waals surface area (Å²) in [6.07, 6.45) is 10.9. The quantitative estimate of drug-likeness (QED) is 0.723. The van der Waals surface area contributed by atoms with Gasteiger partial charge in [0.25, 0.3) is 0 Å². The van der Waals surface area contributed by atoms with Crippen LogP contribution in [0.4, 0.5) is 0 Å². The number of thioether (sulfide) groups is 1. The Morgan fingerprint density at radius 3 is 2.30 bits per heavy atom. The number of hydrogen-bond donors (Lipinski definition) is 2. The van der Waals surface area contributed by atoms with Crippen molar-refractivity contribution in [3.8, 4) is 0 Å². The predicted octanol–water partition coefficient (Wildman–Crippen LogP) is 3.32. The first-order valence-electron chi connectivity index (χ1n) is 8.07. The van der Waals surface area contributed by atoms with E-state index in [0.29, 0.717) is 13.0 Å². The summed E-state index contributed by atoms with van der Waals surface area (Å²) >= 11 is 1.87. The summed E-state index contributed by atoms with van der Waals surface area (Å²) in [6, 6.07) is 0. The summed E-state index contributed by atoms with van der Waals surface area (Å²) in [5, 5.41) is 3.17. The van der Waals surface area contributed by atoms with Crippen molar-refractivity contribution in [2.24, 2.45) is 11.1 Å². The lowest BCUT2D eigenvalue weighted by Gasteiger charge is -2.36. The molecule has 4 heteroatoms. The van der Waals surface area contributed by atoms with Gasteiger partial charge in [0.2, 0.25) is 5.91 Å². The fourth-order valence-corrected chi connectivity index (χ4v) is 4.07. The maximum absolute atomic E-state index is 12.3. The van der Waals surface area contributed by atoms with Crippen LogP contribution >= 0.6 is 11.8 Å². The van der Waals surface area contributed by atoms with Gasteiger partial charge < -0.3 is 11.1 Å². The Morgan fingerprint density at radius 2 is 1.85 bits per heavy atom. The van der Waals surface area contributed by atoms with Crippen molar-refractivity contribution in [1.29, 1.82) is 0 Å². The van der Waals surface area contributed by atoms with E-state index in [0.717, 1.165) is 32.2 Å². The van der Waals surface area contributed by atoms with Crippen molar-refractivity contribution in [2.45, 2.75) is 70.0 Å². The molecule has 0 aromatic heterocycles. The van der Waals surface area contributed by atoms with Crippen LogP contribution in [0.5, 0.6) is 0 Å². The topological polar surface area (TPSA) is 55.1 Å². The Morgan fingerprint density at radius 1 is 1.25 bits per heavy atom. The minimum Gasteiger partial charge on any atom is -0.355 e. The van der Waals surface area contributed by atoms with Crippen molar-refractivity contribution in [2.75, 3.05) is 19.3 Å². The molecule has 1 aliphatic carbocycles. The van der Waals surface area contributed by atoms with Crippen LogP contribution in [-0.2, 0) is 4.79 Å². The van der Waals surface area contributed by atoms with E-state index >= 15 is 0 Å². The van der Waals surface area contributed by atoms with E-state index in [9.17, 15) is 4.79 Å². The number of nitrogens with two attached hydrogens (primary N) is 1. The molecule has 0 saturated heterocycles. The minimum absolute atomic E-state index is 0.0722. The Labute approximate surface area is 128 Å². The van der Waals surface area contributed by atoms with E-state index < -0.39 is 0 Å². The third-order valence-corrected chi connectivity index (χ3v) is 6.80. The third kappa shape index (κ3) is 4.66. The Balaban J connectivity index is 2.50. The summed E-state index contributed by atoms with van der Waals surface area (Å²) < 4.78 is 0.193. The van der Waals surface area contributed by atoms with Gasteiger partial charge in [-0.2, -0.15) is 11.8 Å². The normalized spacial score (nSPS) is 18.8. The zero-order chi connectivity index (χ0) is 15.1. The molecule has 118 valence electrons. The standard InChI is InChI=1S/C16H32N2OS/c1-4-16(5-2,20-3)13-18-14(19)11-15(12-17)9-7-6-8-10-15/h4-13,17H2,1-3H3,(H,18,19). The molecule has 3 nitrogen and oxygen atoms in total. The van der Waals surface area contributed by atoms with Crippen LogP contribution in [0.2, 0.25) is 0 Å². The second kappa shape index (κ2) is 8.28. The first-order valence-corrected chi connectivity index (χ1v) is 9.30. The van der Waals surface area contributed by atoms with Crippen molar-refractivity contribution < 1.29 is 4.79 Å². The highest BCUT2D eigenvalue weighted by molar-refractivity contribution is 8.00. The Kier molecular flexibility index (Phi) is 7.38. The smallest absolute Gasteiger partial charge is 0.220 e. The molecule has 0 aliphatic heterocycles. The van der Waals surface area contributed by atoms with Gasteiger partial charge in [0, 0.05) is 17.7 Å². The monoisotopic (exact) mass is 300 g/mol. The van der Waals surface area contributed by atoms with Crippen LogP contribution in [0.3, 0.4) is 0 Å². The second-order valence-corrected chi connectivity index (χ2v) is 7.59. The van der Waals surface area contributed by atoms with Crippen LogP contribution in [-0.4, -0.2) is 30.0 Å². The molecule has 1 fully saturated rings. The molecule has 0 bridgehead atoms.